The molecule has 0 bridgehead atoms. The van der Waals surface area contributed by atoms with E-state index in [1.165, 1.54) is 14.2 Å². The van der Waals surface area contributed by atoms with Gasteiger partial charge in [0, 0.05) is 6.07 Å². The van der Waals surface area contributed by atoms with Crippen LogP contribution in [0.15, 0.2) is 6.07 Å². The maximum atomic E-state index is 5.35. The van der Waals surface area contributed by atoms with Gasteiger partial charge in [0.05, 0.1) is 14.2 Å². The number of hydrogen-bond donors (Lipinski definition) is 1. The number of rotatable bonds is 2. The van der Waals surface area contributed by atoms with Crippen molar-refractivity contribution in [3.05, 3.63) is 6.07 Å². The average Bonchev–Trinajstić information content (AvgIpc) is 2.04. The molecule has 0 atom stereocenters. The minimum absolute atomic E-state index is 0.308. The lowest BCUT2D eigenvalue weighted by atomic mass is 10.5. The Kier molecular flexibility index (Phi) is 2.10. The Balaban J connectivity index is 3.06. The van der Waals surface area contributed by atoms with Gasteiger partial charge in [0.2, 0.25) is 0 Å². The second-order valence-electron chi connectivity index (χ2n) is 1.85. The molecule has 0 aliphatic rings. The molecule has 0 saturated carbocycles. The van der Waals surface area contributed by atoms with Gasteiger partial charge in [-0.25, -0.2) is 0 Å². The molecule has 0 unspecified atom stereocenters. The summed E-state index contributed by atoms with van der Waals surface area (Å²) >= 11 is 0. The quantitative estimate of drug-likeness (QED) is 0.654. The van der Waals surface area contributed by atoms with Crippen LogP contribution in [-0.2, 0) is 0 Å². The molecule has 0 fully saturated rings. The van der Waals surface area contributed by atoms with Crippen molar-refractivity contribution in [1.82, 2.24) is 10.2 Å². The molecular weight excluding hydrogens is 146 g/mol. The Morgan fingerprint density at radius 3 is 2.55 bits per heavy atom. The van der Waals surface area contributed by atoms with E-state index in [0.717, 1.165) is 0 Å². The third-order valence-electron chi connectivity index (χ3n) is 1.16. The molecule has 0 aliphatic carbocycles. The van der Waals surface area contributed by atoms with Gasteiger partial charge in [-0.2, -0.15) is 0 Å². The summed E-state index contributed by atoms with van der Waals surface area (Å²) in [6.07, 6.45) is 0. The fraction of sp³-hybridized carbons (Fsp3) is 0.333. The highest BCUT2D eigenvalue weighted by Crippen LogP contribution is 2.23. The Morgan fingerprint density at radius 1 is 1.27 bits per heavy atom. The van der Waals surface area contributed by atoms with Crippen LogP contribution in [0.1, 0.15) is 0 Å². The van der Waals surface area contributed by atoms with Crippen molar-refractivity contribution in [2.75, 3.05) is 20.0 Å². The summed E-state index contributed by atoms with van der Waals surface area (Å²) in [5, 5.41) is 7.23. The number of hydrogen-bond acceptors (Lipinski definition) is 5. The first-order chi connectivity index (χ1) is 5.27. The van der Waals surface area contributed by atoms with E-state index >= 15 is 0 Å². The molecule has 1 rings (SSSR count). The summed E-state index contributed by atoms with van der Waals surface area (Å²) in [6.45, 7) is 0. The summed E-state index contributed by atoms with van der Waals surface area (Å²) in [7, 11) is 3.00. The topological polar surface area (TPSA) is 70.3 Å². The lowest BCUT2D eigenvalue weighted by molar-refractivity contribution is 0.339. The SMILES string of the molecule is COc1cc(N)nnc1OC. The molecule has 0 amide bonds. The minimum atomic E-state index is 0.308. The number of nitrogens with zero attached hydrogens (tertiary/aromatic N) is 2. The molecule has 5 heteroatoms. The van der Waals surface area contributed by atoms with Crippen molar-refractivity contribution < 1.29 is 9.47 Å². The Morgan fingerprint density at radius 2 is 2.00 bits per heavy atom. The average molecular weight is 155 g/mol. The van der Waals surface area contributed by atoms with Gasteiger partial charge in [-0.3, -0.25) is 0 Å². The molecule has 0 aliphatic heterocycles. The van der Waals surface area contributed by atoms with E-state index in [1.54, 1.807) is 6.07 Å². The first kappa shape index (κ1) is 7.59. The third-order valence-corrected chi connectivity index (χ3v) is 1.16. The van der Waals surface area contributed by atoms with Gasteiger partial charge in [0.1, 0.15) is 5.82 Å². The lowest BCUT2D eigenvalue weighted by Crippen LogP contribution is -1.98. The largest absolute Gasteiger partial charge is 0.491 e. The summed E-state index contributed by atoms with van der Waals surface area (Å²) < 4.78 is 9.75. The van der Waals surface area contributed by atoms with Crippen LogP contribution in [0.4, 0.5) is 5.82 Å². The molecule has 11 heavy (non-hydrogen) atoms. The van der Waals surface area contributed by atoms with E-state index in [4.69, 9.17) is 15.2 Å². The molecule has 60 valence electrons. The van der Waals surface area contributed by atoms with Crippen molar-refractivity contribution in [3.63, 3.8) is 0 Å². The highest BCUT2D eigenvalue weighted by molar-refractivity contribution is 5.41. The van der Waals surface area contributed by atoms with Crippen LogP contribution in [0.25, 0.3) is 0 Å². The number of nitrogens with two attached hydrogens (primary N) is 1. The van der Waals surface area contributed by atoms with E-state index in [2.05, 4.69) is 10.2 Å². The molecule has 0 saturated heterocycles. The van der Waals surface area contributed by atoms with Crippen molar-refractivity contribution in [1.29, 1.82) is 0 Å². The zero-order valence-corrected chi connectivity index (χ0v) is 6.37. The van der Waals surface area contributed by atoms with E-state index in [1.807, 2.05) is 0 Å². The predicted octanol–water partition coefficient (Wildman–Crippen LogP) is 0.0760. The van der Waals surface area contributed by atoms with Crippen molar-refractivity contribution in [2.45, 2.75) is 0 Å². The number of anilines is 1. The summed E-state index contributed by atoms with van der Waals surface area (Å²) in [6, 6.07) is 1.55. The fourth-order valence-electron chi connectivity index (χ4n) is 0.665. The molecule has 5 nitrogen and oxygen atoms in total. The van der Waals surface area contributed by atoms with Crippen LogP contribution in [0.5, 0.6) is 11.6 Å². The van der Waals surface area contributed by atoms with E-state index in [9.17, 15) is 0 Å². The van der Waals surface area contributed by atoms with E-state index < -0.39 is 0 Å². The highest BCUT2D eigenvalue weighted by atomic mass is 16.5. The van der Waals surface area contributed by atoms with Gasteiger partial charge >= 0.3 is 0 Å². The van der Waals surface area contributed by atoms with E-state index in [0.29, 0.717) is 17.4 Å². The Hall–Kier alpha value is -1.52. The smallest absolute Gasteiger partial charge is 0.276 e. The maximum absolute atomic E-state index is 5.35. The minimum Gasteiger partial charge on any atom is -0.491 e. The van der Waals surface area contributed by atoms with Gasteiger partial charge in [-0.1, -0.05) is 0 Å². The monoisotopic (exact) mass is 155 g/mol. The second-order valence-corrected chi connectivity index (χ2v) is 1.85. The zero-order chi connectivity index (χ0) is 8.27. The molecule has 0 aromatic carbocycles. The standard InChI is InChI=1S/C6H9N3O2/c1-10-4-3-5(7)8-9-6(4)11-2/h3H,1-2H3,(H2,7,8). The molecule has 0 spiro atoms. The van der Waals surface area contributed by atoms with Crippen molar-refractivity contribution in [2.24, 2.45) is 0 Å². The Labute approximate surface area is 64.1 Å². The van der Waals surface area contributed by atoms with Gasteiger partial charge in [0.15, 0.2) is 5.75 Å². The predicted molar refractivity (Wildman–Crippen MR) is 39.5 cm³/mol. The highest BCUT2D eigenvalue weighted by Gasteiger charge is 2.04. The summed E-state index contributed by atoms with van der Waals surface area (Å²) in [5.74, 6) is 1.13. The van der Waals surface area contributed by atoms with Gasteiger partial charge in [-0.05, 0) is 0 Å². The molecule has 2 N–H and O–H groups in total. The maximum Gasteiger partial charge on any atom is 0.276 e. The number of ether oxygens (including phenoxy) is 2. The third kappa shape index (κ3) is 1.49. The summed E-state index contributed by atoms with van der Waals surface area (Å²) in [5.41, 5.74) is 5.35. The molecule has 1 heterocycles. The van der Waals surface area contributed by atoms with Crippen molar-refractivity contribution >= 4 is 5.82 Å². The zero-order valence-electron chi connectivity index (χ0n) is 6.37. The van der Waals surface area contributed by atoms with Gasteiger partial charge in [-0.15, -0.1) is 10.2 Å². The van der Waals surface area contributed by atoms with Gasteiger partial charge in [0.25, 0.3) is 5.88 Å². The number of aromatic nitrogens is 2. The molecule has 1 aromatic rings. The molecule has 0 radical (unpaired) electrons. The van der Waals surface area contributed by atoms with Gasteiger partial charge < -0.3 is 15.2 Å². The normalized spacial score (nSPS) is 9.27. The van der Waals surface area contributed by atoms with Crippen LogP contribution in [0.2, 0.25) is 0 Å². The molecule has 1 aromatic heterocycles. The summed E-state index contributed by atoms with van der Waals surface area (Å²) in [4.78, 5) is 0. The Bertz CT molecular complexity index is 252. The number of nitrogen functional groups attached to an aromatic ring is 1. The lowest BCUT2D eigenvalue weighted by Gasteiger charge is -2.04. The molecular formula is C6H9N3O2. The first-order valence-corrected chi connectivity index (χ1v) is 2.99. The van der Waals surface area contributed by atoms with Crippen LogP contribution in [0, 0.1) is 0 Å². The van der Waals surface area contributed by atoms with Crippen LogP contribution in [0.3, 0.4) is 0 Å². The fourth-order valence-corrected chi connectivity index (χ4v) is 0.665. The second kappa shape index (κ2) is 3.05. The number of methoxy groups -OCH3 is 2. The first-order valence-electron chi connectivity index (χ1n) is 2.99. The van der Waals surface area contributed by atoms with Crippen LogP contribution < -0.4 is 15.2 Å². The van der Waals surface area contributed by atoms with E-state index in [-0.39, 0.29) is 0 Å². The van der Waals surface area contributed by atoms with Crippen LogP contribution >= 0.6 is 0 Å². The van der Waals surface area contributed by atoms with Crippen molar-refractivity contribution in [3.8, 4) is 11.6 Å². The van der Waals surface area contributed by atoms with Crippen LogP contribution in [-0.4, -0.2) is 24.4 Å².